The maximum atomic E-state index is 13.9. The Morgan fingerprint density at radius 2 is 1.86 bits per heavy atom. The number of aromatic nitrogens is 4. The molecule has 4 aromatic rings. The van der Waals surface area contributed by atoms with Crippen LogP contribution in [0.1, 0.15) is 10.4 Å². The van der Waals surface area contributed by atoms with Crippen molar-refractivity contribution < 1.29 is 9.18 Å². The molecular formula is C20H15ClFN5O. The number of para-hydroxylation sites is 1. The largest absolute Gasteiger partial charge is 0.319 e. The fraction of sp³-hybridized carbons (Fsp3) is 0.0500. The number of amides is 1. The molecule has 0 aliphatic rings. The zero-order chi connectivity index (χ0) is 19.7. The van der Waals surface area contributed by atoms with Gasteiger partial charge in [0.15, 0.2) is 0 Å². The molecule has 0 spiro atoms. The first-order valence-electron chi connectivity index (χ1n) is 8.42. The number of benzene rings is 2. The number of aryl methyl sites for hydroxylation is 1. The standard InChI is InChI=1S/C20H15ClFN5O/c1-26-12-15(19(25-26)14-6-2-3-7-16(14)21)20(28)24-13-10-23-27(11-13)18-9-5-4-8-17(18)22/h2-12H,1H3,(H,24,28). The third-order valence-corrected chi connectivity index (χ3v) is 4.47. The molecule has 1 amide bonds. The smallest absolute Gasteiger partial charge is 0.259 e. The summed E-state index contributed by atoms with van der Waals surface area (Å²) < 4.78 is 16.8. The third kappa shape index (κ3) is 3.39. The highest BCUT2D eigenvalue weighted by atomic mass is 35.5. The van der Waals surface area contributed by atoms with Crippen LogP contribution in [-0.2, 0) is 7.05 Å². The Hall–Kier alpha value is -3.45. The van der Waals surface area contributed by atoms with Crippen LogP contribution in [0, 0.1) is 5.82 Å². The van der Waals surface area contributed by atoms with E-state index in [4.69, 9.17) is 11.6 Å². The van der Waals surface area contributed by atoms with E-state index in [0.29, 0.717) is 33.2 Å². The first-order chi connectivity index (χ1) is 13.5. The summed E-state index contributed by atoms with van der Waals surface area (Å²) in [6.07, 6.45) is 4.62. The van der Waals surface area contributed by atoms with Gasteiger partial charge in [-0.25, -0.2) is 9.07 Å². The lowest BCUT2D eigenvalue weighted by atomic mass is 10.1. The summed E-state index contributed by atoms with van der Waals surface area (Å²) in [4.78, 5) is 12.8. The molecule has 0 saturated carbocycles. The predicted molar refractivity (Wildman–Crippen MR) is 105 cm³/mol. The summed E-state index contributed by atoms with van der Waals surface area (Å²) in [6, 6.07) is 13.4. The molecule has 0 fully saturated rings. The van der Waals surface area contributed by atoms with Crippen LogP contribution in [0.2, 0.25) is 5.02 Å². The number of carbonyl (C=O) groups is 1. The van der Waals surface area contributed by atoms with E-state index < -0.39 is 5.82 Å². The second-order valence-corrected chi connectivity index (χ2v) is 6.53. The highest BCUT2D eigenvalue weighted by molar-refractivity contribution is 6.33. The van der Waals surface area contributed by atoms with Gasteiger partial charge >= 0.3 is 0 Å². The van der Waals surface area contributed by atoms with E-state index in [1.54, 1.807) is 54.5 Å². The first-order valence-corrected chi connectivity index (χ1v) is 8.80. The quantitative estimate of drug-likeness (QED) is 0.559. The van der Waals surface area contributed by atoms with Gasteiger partial charge in [-0.05, 0) is 18.2 Å². The number of halogens is 2. The number of hydrogen-bond donors (Lipinski definition) is 1. The van der Waals surface area contributed by atoms with Crippen LogP contribution >= 0.6 is 11.6 Å². The van der Waals surface area contributed by atoms with Crippen molar-refractivity contribution >= 4 is 23.2 Å². The van der Waals surface area contributed by atoms with Crippen molar-refractivity contribution in [3.8, 4) is 16.9 Å². The van der Waals surface area contributed by atoms with Crippen molar-refractivity contribution in [3.63, 3.8) is 0 Å². The van der Waals surface area contributed by atoms with Crippen molar-refractivity contribution in [1.29, 1.82) is 0 Å². The van der Waals surface area contributed by atoms with Crippen molar-refractivity contribution in [3.05, 3.63) is 83.5 Å². The van der Waals surface area contributed by atoms with E-state index in [1.807, 2.05) is 12.1 Å². The molecule has 2 heterocycles. The molecule has 0 atom stereocenters. The van der Waals surface area contributed by atoms with Crippen molar-refractivity contribution in [2.75, 3.05) is 5.32 Å². The van der Waals surface area contributed by atoms with Crippen LogP contribution in [0.5, 0.6) is 0 Å². The molecule has 1 N–H and O–H groups in total. The van der Waals surface area contributed by atoms with Gasteiger partial charge in [0.05, 0.1) is 28.7 Å². The van der Waals surface area contributed by atoms with Crippen molar-refractivity contribution in [2.24, 2.45) is 7.05 Å². The lowest BCUT2D eigenvalue weighted by molar-refractivity contribution is 0.102. The molecule has 28 heavy (non-hydrogen) atoms. The van der Waals surface area contributed by atoms with Gasteiger partial charge in [0, 0.05) is 18.8 Å². The van der Waals surface area contributed by atoms with Crippen molar-refractivity contribution in [2.45, 2.75) is 0 Å². The van der Waals surface area contributed by atoms with Gasteiger partial charge in [-0.15, -0.1) is 0 Å². The number of nitrogens with one attached hydrogen (secondary N) is 1. The normalized spacial score (nSPS) is 10.8. The predicted octanol–water partition coefficient (Wildman–Crippen LogP) is 4.32. The number of rotatable bonds is 4. The number of hydrogen-bond acceptors (Lipinski definition) is 3. The average molecular weight is 396 g/mol. The van der Waals surface area contributed by atoms with E-state index in [0.717, 1.165) is 0 Å². The summed E-state index contributed by atoms with van der Waals surface area (Å²) in [5, 5.41) is 11.8. The number of anilines is 1. The van der Waals surface area contributed by atoms with Gasteiger partial charge in [-0.2, -0.15) is 10.2 Å². The molecule has 0 aliphatic carbocycles. The molecule has 0 aliphatic heterocycles. The lowest BCUT2D eigenvalue weighted by Crippen LogP contribution is -2.12. The molecular weight excluding hydrogens is 381 g/mol. The van der Waals surface area contributed by atoms with Gasteiger partial charge in [0.1, 0.15) is 17.2 Å². The molecule has 6 nitrogen and oxygen atoms in total. The van der Waals surface area contributed by atoms with E-state index in [2.05, 4.69) is 15.5 Å². The summed E-state index contributed by atoms with van der Waals surface area (Å²) in [6.45, 7) is 0. The molecule has 8 heteroatoms. The number of carbonyl (C=O) groups excluding carboxylic acids is 1. The summed E-state index contributed by atoms with van der Waals surface area (Å²) >= 11 is 6.26. The zero-order valence-electron chi connectivity index (χ0n) is 14.8. The van der Waals surface area contributed by atoms with Crippen LogP contribution in [0.25, 0.3) is 16.9 Å². The second kappa shape index (κ2) is 7.28. The SMILES string of the molecule is Cn1cc(C(=O)Nc2cnn(-c3ccccc3F)c2)c(-c2ccccc2Cl)n1. The van der Waals surface area contributed by atoms with Crippen LogP contribution in [-0.4, -0.2) is 25.5 Å². The van der Waals surface area contributed by atoms with Gasteiger partial charge in [0.25, 0.3) is 5.91 Å². The van der Waals surface area contributed by atoms with Crippen LogP contribution in [0.4, 0.5) is 10.1 Å². The fourth-order valence-electron chi connectivity index (χ4n) is 2.86. The Morgan fingerprint density at radius 1 is 1.11 bits per heavy atom. The van der Waals surface area contributed by atoms with Crippen molar-refractivity contribution in [1.82, 2.24) is 19.6 Å². The molecule has 2 aromatic carbocycles. The highest BCUT2D eigenvalue weighted by Crippen LogP contribution is 2.29. The van der Waals surface area contributed by atoms with Gasteiger partial charge < -0.3 is 5.32 Å². The lowest BCUT2D eigenvalue weighted by Gasteiger charge is -2.05. The highest BCUT2D eigenvalue weighted by Gasteiger charge is 2.19. The average Bonchev–Trinajstić information content (AvgIpc) is 3.29. The minimum atomic E-state index is -0.406. The monoisotopic (exact) mass is 395 g/mol. The van der Waals surface area contributed by atoms with Crippen LogP contribution in [0.15, 0.2) is 67.1 Å². The Balaban J connectivity index is 1.62. The minimum Gasteiger partial charge on any atom is -0.319 e. The summed E-state index contributed by atoms with van der Waals surface area (Å²) in [5.41, 5.74) is 2.24. The summed E-state index contributed by atoms with van der Waals surface area (Å²) in [5.74, 6) is -0.771. The van der Waals surface area contributed by atoms with Gasteiger partial charge in [0.2, 0.25) is 0 Å². The summed E-state index contributed by atoms with van der Waals surface area (Å²) in [7, 11) is 1.73. The molecule has 0 radical (unpaired) electrons. The first kappa shape index (κ1) is 17.9. The van der Waals surface area contributed by atoms with Gasteiger partial charge in [-0.1, -0.05) is 41.9 Å². The van der Waals surface area contributed by atoms with E-state index in [1.165, 1.54) is 16.9 Å². The Kier molecular flexibility index (Phi) is 4.67. The Bertz CT molecular complexity index is 1170. The Morgan fingerprint density at radius 3 is 2.64 bits per heavy atom. The zero-order valence-corrected chi connectivity index (χ0v) is 15.6. The van der Waals surface area contributed by atoms with E-state index >= 15 is 0 Å². The topological polar surface area (TPSA) is 64.7 Å². The van der Waals surface area contributed by atoms with Crippen LogP contribution < -0.4 is 5.32 Å². The molecule has 0 bridgehead atoms. The fourth-order valence-corrected chi connectivity index (χ4v) is 3.09. The molecule has 140 valence electrons. The van der Waals surface area contributed by atoms with Crippen LogP contribution in [0.3, 0.4) is 0 Å². The van der Waals surface area contributed by atoms with E-state index in [9.17, 15) is 9.18 Å². The molecule has 0 unspecified atom stereocenters. The molecule has 2 aromatic heterocycles. The van der Waals surface area contributed by atoms with E-state index in [-0.39, 0.29) is 5.91 Å². The second-order valence-electron chi connectivity index (χ2n) is 6.12. The minimum absolute atomic E-state index is 0.293. The maximum Gasteiger partial charge on any atom is 0.259 e. The maximum absolute atomic E-state index is 13.9. The Labute approximate surface area is 165 Å². The molecule has 4 rings (SSSR count). The third-order valence-electron chi connectivity index (χ3n) is 4.14. The van der Waals surface area contributed by atoms with Gasteiger partial charge in [-0.3, -0.25) is 9.48 Å². The number of nitrogens with zero attached hydrogens (tertiary/aromatic N) is 4. The molecule has 0 saturated heterocycles.